The number of rotatable bonds is 3. The number of ether oxygens (including phenoxy) is 1. The Morgan fingerprint density at radius 1 is 1.12 bits per heavy atom. The second-order valence-electron chi connectivity index (χ2n) is 6.37. The van der Waals surface area contributed by atoms with Crippen LogP contribution in [0.2, 0.25) is 0 Å². The summed E-state index contributed by atoms with van der Waals surface area (Å²) in [5.41, 5.74) is 2.69. The van der Waals surface area contributed by atoms with Crippen LogP contribution in [0.3, 0.4) is 0 Å². The number of thioether (sulfide) groups is 1. The zero-order valence-electron chi connectivity index (χ0n) is 13.8. The second-order valence-corrected chi connectivity index (χ2v) is 7.56. The minimum Gasteiger partial charge on any atom is -0.381 e. The van der Waals surface area contributed by atoms with Crippen molar-refractivity contribution in [3.63, 3.8) is 0 Å². The predicted octanol–water partition coefficient (Wildman–Crippen LogP) is 2.81. The van der Waals surface area contributed by atoms with Gasteiger partial charge in [-0.1, -0.05) is 23.9 Å². The lowest BCUT2D eigenvalue weighted by Gasteiger charge is -2.31. The predicted molar refractivity (Wildman–Crippen MR) is 94.1 cm³/mol. The van der Waals surface area contributed by atoms with Gasteiger partial charge >= 0.3 is 0 Å². The molecule has 0 saturated carbocycles. The molecule has 2 aliphatic heterocycles. The van der Waals surface area contributed by atoms with Gasteiger partial charge in [0.05, 0.1) is 22.0 Å². The highest BCUT2D eigenvalue weighted by Crippen LogP contribution is 2.33. The van der Waals surface area contributed by atoms with Gasteiger partial charge in [-0.05, 0) is 38.3 Å². The van der Waals surface area contributed by atoms with Crippen molar-refractivity contribution >= 4 is 28.7 Å². The van der Waals surface area contributed by atoms with Crippen LogP contribution in [-0.2, 0) is 9.53 Å². The average Bonchev–Trinajstić information content (AvgIpc) is 2.97. The quantitative estimate of drug-likeness (QED) is 0.858. The number of likely N-dealkylation sites (tertiary alicyclic amines) is 1. The highest BCUT2D eigenvalue weighted by Gasteiger charge is 2.37. The normalized spacial score (nSPS) is 22.5. The standard InChI is InChI=1S/C18H21N3O2S/c1-12-17(20-15-5-3-2-4-14(15)19-12)24-16-6-9-21(18(16)22)13-7-10-23-11-8-13/h2-5,13,16H,6-11H2,1H3. The molecule has 24 heavy (non-hydrogen) atoms. The van der Waals surface area contributed by atoms with Gasteiger partial charge in [0.1, 0.15) is 5.03 Å². The minimum atomic E-state index is -0.0398. The lowest BCUT2D eigenvalue weighted by atomic mass is 10.1. The van der Waals surface area contributed by atoms with E-state index in [1.54, 1.807) is 11.8 Å². The van der Waals surface area contributed by atoms with E-state index < -0.39 is 0 Å². The van der Waals surface area contributed by atoms with Crippen LogP contribution in [0.15, 0.2) is 29.3 Å². The maximum Gasteiger partial charge on any atom is 0.236 e. The molecule has 126 valence electrons. The van der Waals surface area contributed by atoms with E-state index in [0.29, 0.717) is 6.04 Å². The lowest BCUT2D eigenvalue weighted by Crippen LogP contribution is -2.41. The summed E-state index contributed by atoms with van der Waals surface area (Å²) in [6.07, 6.45) is 2.80. The zero-order valence-corrected chi connectivity index (χ0v) is 14.6. The molecule has 1 aromatic carbocycles. The number of fused-ring (bicyclic) bond motifs is 1. The lowest BCUT2D eigenvalue weighted by molar-refractivity contribution is -0.130. The van der Waals surface area contributed by atoms with E-state index >= 15 is 0 Å². The van der Waals surface area contributed by atoms with Crippen molar-refractivity contribution in [1.82, 2.24) is 14.9 Å². The molecule has 0 bridgehead atoms. The number of amides is 1. The zero-order chi connectivity index (χ0) is 16.5. The molecule has 1 aromatic heterocycles. The van der Waals surface area contributed by atoms with Crippen molar-refractivity contribution in [3.05, 3.63) is 30.0 Å². The number of aryl methyl sites for hydroxylation is 1. The van der Waals surface area contributed by atoms with Crippen molar-refractivity contribution in [2.45, 2.75) is 42.5 Å². The second kappa shape index (κ2) is 6.69. The van der Waals surface area contributed by atoms with Crippen LogP contribution in [0, 0.1) is 6.92 Å². The first-order valence-electron chi connectivity index (χ1n) is 8.50. The van der Waals surface area contributed by atoms with Gasteiger partial charge in [0.15, 0.2) is 0 Å². The van der Waals surface area contributed by atoms with Crippen molar-refractivity contribution in [2.24, 2.45) is 0 Å². The number of hydrogen-bond acceptors (Lipinski definition) is 5. The van der Waals surface area contributed by atoms with Gasteiger partial charge < -0.3 is 9.64 Å². The van der Waals surface area contributed by atoms with Gasteiger partial charge in [-0.2, -0.15) is 0 Å². The highest BCUT2D eigenvalue weighted by molar-refractivity contribution is 8.00. The van der Waals surface area contributed by atoms with Crippen LogP contribution in [0.1, 0.15) is 25.0 Å². The molecule has 4 rings (SSSR count). The van der Waals surface area contributed by atoms with Crippen LogP contribution >= 0.6 is 11.8 Å². The number of nitrogens with zero attached hydrogens (tertiary/aromatic N) is 3. The summed E-state index contributed by atoms with van der Waals surface area (Å²) in [6.45, 7) is 4.35. The van der Waals surface area contributed by atoms with Crippen LogP contribution in [-0.4, -0.2) is 51.8 Å². The Morgan fingerprint density at radius 2 is 1.83 bits per heavy atom. The van der Waals surface area contributed by atoms with E-state index in [1.165, 1.54) is 0 Å². The summed E-state index contributed by atoms with van der Waals surface area (Å²) >= 11 is 1.57. The third-order valence-electron chi connectivity index (χ3n) is 4.78. The van der Waals surface area contributed by atoms with Gasteiger partial charge in [0.2, 0.25) is 5.91 Å². The molecule has 1 amide bonds. The topological polar surface area (TPSA) is 55.3 Å². The Labute approximate surface area is 145 Å². The van der Waals surface area contributed by atoms with Gasteiger partial charge in [0, 0.05) is 25.8 Å². The minimum absolute atomic E-state index is 0.0398. The molecule has 2 aliphatic rings. The fraction of sp³-hybridized carbons (Fsp3) is 0.500. The number of aromatic nitrogens is 2. The largest absolute Gasteiger partial charge is 0.381 e. The van der Waals surface area contributed by atoms with Gasteiger partial charge in [-0.3, -0.25) is 4.79 Å². The van der Waals surface area contributed by atoms with E-state index in [0.717, 1.165) is 60.8 Å². The Bertz CT molecular complexity index is 761. The molecule has 2 fully saturated rings. The number of hydrogen-bond donors (Lipinski definition) is 0. The molecule has 2 saturated heterocycles. The number of benzene rings is 1. The van der Waals surface area contributed by atoms with Gasteiger partial charge in [-0.25, -0.2) is 9.97 Å². The summed E-state index contributed by atoms with van der Waals surface area (Å²) in [5.74, 6) is 0.251. The van der Waals surface area contributed by atoms with Gasteiger partial charge in [0.25, 0.3) is 0 Å². The highest BCUT2D eigenvalue weighted by atomic mass is 32.2. The Balaban J connectivity index is 1.51. The number of carbonyl (C=O) groups is 1. The summed E-state index contributed by atoms with van der Waals surface area (Å²) in [4.78, 5) is 24.2. The molecule has 1 unspecified atom stereocenters. The molecule has 0 radical (unpaired) electrons. The summed E-state index contributed by atoms with van der Waals surface area (Å²) in [7, 11) is 0. The molecule has 5 nitrogen and oxygen atoms in total. The van der Waals surface area contributed by atoms with Crippen molar-refractivity contribution < 1.29 is 9.53 Å². The van der Waals surface area contributed by atoms with Crippen LogP contribution < -0.4 is 0 Å². The molecular weight excluding hydrogens is 322 g/mol. The molecule has 0 aliphatic carbocycles. The van der Waals surface area contributed by atoms with E-state index in [1.807, 2.05) is 31.2 Å². The monoisotopic (exact) mass is 343 g/mol. The third-order valence-corrected chi connectivity index (χ3v) is 6.11. The number of para-hydroxylation sites is 2. The maximum atomic E-state index is 12.8. The first kappa shape index (κ1) is 15.8. The third kappa shape index (κ3) is 3.00. The first-order valence-corrected chi connectivity index (χ1v) is 9.38. The Morgan fingerprint density at radius 3 is 2.58 bits per heavy atom. The molecule has 3 heterocycles. The molecule has 0 N–H and O–H groups in total. The Hall–Kier alpha value is -1.66. The van der Waals surface area contributed by atoms with Gasteiger partial charge in [-0.15, -0.1) is 0 Å². The van der Waals surface area contributed by atoms with Crippen molar-refractivity contribution in [3.8, 4) is 0 Å². The fourth-order valence-electron chi connectivity index (χ4n) is 3.46. The molecule has 0 spiro atoms. The molecule has 6 heteroatoms. The number of carbonyl (C=O) groups excluding carboxylic acids is 1. The van der Waals surface area contributed by atoms with Crippen LogP contribution in [0.5, 0.6) is 0 Å². The van der Waals surface area contributed by atoms with E-state index in [9.17, 15) is 4.79 Å². The molecular formula is C18H21N3O2S. The average molecular weight is 343 g/mol. The molecule has 1 atom stereocenters. The van der Waals surface area contributed by atoms with Crippen LogP contribution in [0.4, 0.5) is 0 Å². The Kier molecular flexibility index (Phi) is 4.41. The van der Waals surface area contributed by atoms with Crippen molar-refractivity contribution in [2.75, 3.05) is 19.8 Å². The van der Waals surface area contributed by atoms with Crippen molar-refractivity contribution in [1.29, 1.82) is 0 Å². The van der Waals surface area contributed by atoms with Crippen LogP contribution in [0.25, 0.3) is 11.0 Å². The first-order chi connectivity index (χ1) is 11.7. The summed E-state index contributed by atoms with van der Waals surface area (Å²) in [5, 5.41) is 0.836. The summed E-state index contributed by atoms with van der Waals surface area (Å²) in [6, 6.07) is 8.22. The van der Waals surface area contributed by atoms with E-state index in [-0.39, 0.29) is 11.2 Å². The maximum absolute atomic E-state index is 12.8. The smallest absolute Gasteiger partial charge is 0.236 e. The summed E-state index contributed by atoms with van der Waals surface area (Å²) < 4.78 is 5.41. The fourth-order valence-corrected chi connectivity index (χ4v) is 4.56. The van der Waals surface area contributed by atoms with E-state index in [2.05, 4.69) is 9.88 Å². The molecule has 2 aromatic rings. The van der Waals surface area contributed by atoms with E-state index in [4.69, 9.17) is 9.72 Å². The SMILES string of the molecule is Cc1nc2ccccc2nc1SC1CCN(C2CCOCC2)C1=O.